The number of carbonyl (C=O) groups excluding carboxylic acids is 1. The number of hydrogen-bond donors (Lipinski definition) is 1. The normalized spacial score (nSPS) is 11.6. The number of nitrogens with zero attached hydrogens (tertiary/aromatic N) is 2. The summed E-state index contributed by atoms with van der Waals surface area (Å²) >= 11 is 6.53. The first-order valence-electron chi connectivity index (χ1n) is 10.7. The third-order valence-electron chi connectivity index (χ3n) is 4.93. The molecule has 1 amide bonds. The molecule has 0 saturated carbocycles. The molecule has 176 valence electrons. The molecule has 3 rings (SSSR count). The van der Waals surface area contributed by atoms with Crippen LogP contribution >= 0.6 is 11.6 Å². The summed E-state index contributed by atoms with van der Waals surface area (Å²) in [5.41, 5.74) is 2.80. The minimum Gasteiger partial charge on any atom is -0.491 e. The van der Waals surface area contributed by atoms with Crippen LogP contribution < -0.4 is 10.1 Å². The Balaban J connectivity index is 1.81. The van der Waals surface area contributed by atoms with Crippen LogP contribution in [0.25, 0.3) is 11.1 Å². The van der Waals surface area contributed by atoms with Crippen molar-refractivity contribution >= 4 is 33.0 Å². The summed E-state index contributed by atoms with van der Waals surface area (Å²) in [6.45, 7) is 6.20. The number of nitrogens with one attached hydrogen (secondary N) is 1. The maximum absolute atomic E-state index is 12.7. The Morgan fingerprint density at radius 3 is 2.48 bits per heavy atom. The van der Waals surface area contributed by atoms with E-state index < -0.39 is 9.84 Å². The summed E-state index contributed by atoms with van der Waals surface area (Å²) in [5, 5.41) is 7.49. The number of benzene rings is 2. The first kappa shape index (κ1) is 24.8. The van der Waals surface area contributed by atoms with Gasteiger partial charge in [0.1, 0.15) is 5.75 Å². The van der Waals surface area contributed by atoms with E-state index in [0.717, 1.165) is 11.1 Å². The number of ether oxygens (including phenoxy) is 1. The van der Waals surface area contributed by atoms with Gasteiger partial charge in [0.05, 0.1) is 34.9 Å². The second-order valence-electron chi connectivity index (χ2n) is 8.21. The van der Waals surface area contributed by atoms with E-state index in [0.29, 0.717) is 34.5 Å². The summed E-state index contributed by atoms with van der Waals surface area (Å²) in [7, 11) is -1.45. The highest BCUT2D eigenvalue weighted by Gasteiger charge is 2.17. The van der Waals surface area contributed by atoms with Gasteiger partial charge in [-0.05, 0) is 35.7 Å². The molecule has 0 saturated heterocycles. The van der Waals surface area contributed by atoms with E-state index in [1.807, 2.05) is 19.3 Å². The quantitative estimate of drug-likeness (QED) is 0.468. The molecule has 0 spiro atoms. The maximum atomic E-state index is 12.7. The summed E-state index contributed by atoms with van der Waals surface area (Å²) in [4.78, 5) is 12.9. The number of carbonyl (C=O) groups is 1. The molecule has 1 aromatic heterocycles. The van der Waals surface area contributed by atoms with Gasteiger partial charge in [0.15, 0.2) is 9.84 Å². The number of rotatable bonds is 9. The second-order valence-corrected chi connectivity index (χ2v) is 10.9. The van der Waals surface area contributed by atoms with Gasteiger partial charge in [0, 0.05) is 30.1 Å². The molecule has 3 aromatic rings. The van der Waals surface area contributed by atoms with Crippen molar-refractivity contribution < 1.29 is 17.9 Å². The number of hydrogen-bond acceptors (Lipinski definition) is 5. The van der Waals surface area contributed by atoms with Crippen LogP contribution in [0.3, 0.4) is 0 Å². The zero-order chi connectivity index (χ0) is 24.2. The predicted molar refractivity (Wildman–Crippen MR) is 130 cm³/mol. The molecule has 0 bridgehead atoms. The van der Waals surface area contributed by atoms with Gasteiger partial charge in [0.2, 0.25) is 5.91 Å². The van der Waals surface area contributed by atoms with Crippen LogP contribution in [-0.4, -0.2) is 36.5 Å². The van der Waals surface area contributed by atoms with Gasteiger partial charge in [-0.1, -0.05) is 44.5 Å². The fourth-order valence-corrected chi connectivity index (χ4v) is 4.37. The highest BCUT2D eigenvalue weighted by atomic mass is 35.5. The van der Waals surface area contributed by atoms with E-state index in [1.165, 1.54) is 12.1 Å². The highest BCUT2D eigenvalue weighted by molar-refractivity contribution is 7.91. The first-order valence-corrected chi connectivity index (χ1v) is 12.7. The molecular weight excluding hydrogens is 462 g/mol. The molecule has 0 fully saturated rings. The van der Waals surface area contributed by atoms with Gasteiger partial charge >= 0.3 is 0 Å². The Morgan fingerprint density at radius 2 is 1.91 bits per heavy atom. The average Bonchev–Trinajstić information content (AvgIpc) is 3.19. The molecule has 0 aliphatic rings. The molecule has 2 aromatic carbocycles. The van der Waals surface area contributed by atoms with Gasteiger partial charge < -0.3 is 10.1 Å². The van der Waals surface area contributed by atoms with E-state index in [1.54, 1.807) is 36.0 Å². The number of anilines is 1. The minimum atomic E-state index is -3.27. The molecule has 9 heteroatoms. The van der Waals surface area contributed by atoms with Gasteiger partial charge in [-0.25, -0.2) is 8.42 Å². The van der Waals surface area contributed by atoms with Crippen LogP contribution in [0.15, 0.2) is 53.7 Å². The van der Waals surface area contributed by atoms with Gasteiger partial charge in [-0.2, -0.15) is 5.10 Å². The largest absolute Gasteiger partial charge is 0.491 e. The zero-order valence-electron chi connectivity index (χ0n) is 19.1. The lowest BCUT2D eigenvalue weighted by Gasteiger charge is -2.16. The molecule has 1 N–H and O–H groups in total. The number of halogens is 1. The molecule has 0 radical (unpaired) electrons. The number of sulfone groups is 1. The molecule has 0 atom stereocenters. The van der Waals surface area contributed by atoms with Crippen LogP contribution in [0.4, 0.5) is 5.69 Å². The number of amides is 1. The molecule has 0 aliphatic heterocycles. The SMILES string of the molecule is CCS(=O)(=O)c1ccc(CC(=O)Nc2cc(Cl)c(OCC(C)C)c(-c3cnn(C)c3)c2)cc1. The van der Waals surface area contributed by atoms with E-state index in [2.05, 4.69) is 24.3 Å². The molecule has 7 nitrogen and oxygen atoms in total. The third-order valence-corrected chi connectivity index (χ3v) is 6.96. The van der Waals surface area contributed by atoms with Crippen molar-refractivity contribution in [1.29, 1.82) is 0 Å². The topological polar surface area (TPSA) is 90.3 Å². The molecule has 0 aliphatic carbocycles. The van der Waals surface area contributed by atoms with Crippen molar-refractivity contribution in [2.45, 2.75) is 32.1 Å². The highest BCUT2D eigenvalue weighted by Crippen LogP contribution is 2.39. The van der Waals surface area contributed by atoms with E-state index in [4.69, 9.17) is 16.3 Å². The van der Waals surface area contributed by atoms with E-state index in [9.17, 15) is 13.2 Å². The van der Waals surface area contributed by atoms with Crippen molar-refractivity contribution in [2.75, 3.05) is 17.7 Å². The second kappa shape index (κ2) is 10.4. The van der Waals surface area contributed by atoms with Crippen LogP contribution in [0.1, 0.15) is 26.3 Å². The third kappa shape index (κ3) is 6.36. The zero-order valence-corrected chi connectivity index (χ0v) is 20.7. The van der Waals surface area contributed by atoms with Crippen LogP contribution in [0.5, 0.6) is 5.75 Å². The van der Waals surface area contributed by atoms with Crippen LogP contribution in [-0.2, 0) is 28.1 Å². The molecule has 0 unspecified atom stereocenters. The number of aryl methyl sites for hydroxylation is 1. The van der Waals surface area contributed by atoms with E-state index in [-0.39, 0.29) is 23.0 Å². The van der Waals surface area contributed by atoms with Crippen molar-refractivity contribution in [3.8, 4) is 16.9 Å². The molecule has 33 heavy (non-hydrogen) atoms. The first-order chi connectivity index (χ1) is 15.6. The van der Waals surface area contributed by atoms with Crippen molar-refractivity contribution in [3.63, 3.8) is 0 Å². The standard InChI is InChI=1S/C24H28ClN3O4S/c1-5-33(30,31)20-8-6-17(7-9-20)10-23(29)27-19-11-21(18-13-26-28(4)14-18)24(22(25)12-19)32-15-16(2)3/h6-9,11-14,16H,5,10,15H2,1-4H3,(H,27,29). The fourth-order valence-electron chi connectivity index (χ4n) is 3.21. The Labute approximate surface area is 199 Å². The van der Waals surface area contributed by atoms with Gasteiger partial charge in [0.25, 0.3) is 0 Å². The predicted octanol–water partition coefficient (Wildman–Crippen LogP) is 4.75. The lowest BCUT2D eigenvalue weighted by Crippen LogP contribution is -2.15. The monoisotopic (exact) mass is 489 g/mol. The Morgan fingerprint density at radius 1 is 1.21 bits per heavy atom. The smallest absolute Gasteiger partial charge is 0.228 e. The van der Waals surface area contributed by atoms with Crippen LogP contribution in [0.2, 0.25) is 5.02 Å². The number of aromatic nitrogens is 2. The van der Waals surface area contributed by atoms with Crippen molar-refractivity contribution in [2.24, 2.45) is 13.0 Å². The lowest BCUT2D eigenvalue weighted by atomic mass is 10.1. The van der Waals surface area contributed by atoms with Crippen molar-refractivity contribution in [1.82, 2.24) is 9.78 Å². The summed E-state index contributed by atoms with van der Waals surface area (Å²) in [6, 6.07) is 9.83. The fraction of sp³-hybridized carbons (Fsp3) is 0.333. The average molecular weight is 490 g/mol. The van der Waals surface area contributed by atoms with Crippen LogP contribution in [0, 0.1) is 5.92 Å². The van der Waals surface area contributed by atoms with E-state index >= 15 is 0 Å². The van der Waals surface area contributed by atoms with Crippen molar-refractivity contribution in [3.05, 3.63) is 59.4 Å². The van der Waals surface area contributed by atoms with Gasteiger partial charge in [-0.3, -0.25) is 9.48 Å². The van der Waals surface area contributed by atoms with Gasteiger partial charge in [-0.15, -0.1) is 0 Å². The Bertz CT molecular complexity index is 1240. The Hall–Kier alpha value is -2.84. The molecule has 1 heterocycles. The summed E-state index contributed by atoms with van der Waals surface area (Å²) in [5.74, 6) is 0.652. The minimum absolute atomic E-state index is 0.0315. The summed E-state index contributed by atoms with van der Waals surface area (Å²) < 4.78 is 31.6. The Kier molecular flexibility index (Phi) is 7.81. The lowest BCUT2D eigenvalue weighted by molar-refractivity contribution is -0.115. The summed E-state index contributed by atoms with van der Waals surface area (Å²) in [6.07, 6.45) is 3.66. The molecular formula is C24H28ClN3O4S. The maximum Gasteiger partial charge on any atom is 0.228 e.